The van der Waals surface area contributed by atoms with Crippen molar-refractivity contribution in [1.82, 2.24) is 5.32 Å². The SMILES string of the molecule is CC(C)(C)OC(=O)NC1(C#Cc2ccc(-c3ccc(O)c(C45CC6CC(CC(C6)C4)C5)c3)cc2)COC(C)(C)OC1. The second kappa shape index (κ2) is 10.1. The van der Waals surface area contributed by atoms with Gasteiger partial charge < -0.3 is 24.6 Å². The molecule has 41 heavy (non-hydrogen) atoms. The van der Waals surface area contributed by atoms with Gasteiger partial charge in [0.1, 0.15) is 11.4 Å². The molecular weight excluding hydrogens is 514 g/mol. The van der Waals surface area contributed by atoms with E-state index in [-0.39, 0.29) is 18.6 Å². The molecule has 2 aromatic carbocycles. The van der Waals surface area contributed by atoms with Crippen LogP contribution < -0.4 is 5.32 Å². The number of nitrogens with one attached hydrogen (secondary N) is 1. The van der Waals surface area contributed by atoms with Crippen molar-refractivity contribution in [3.05, 3.63) is 53.6 Å². The van der Waals surface area contributed by atoms with Gasteiger partial charge in [-0.05, 0) is 132 Å². The monoisotopic (exact) mass is 557 g/mol. The average Bonchev–Trinajstić information content (AvgIpc) is 2.88. The maximum atomic E-state index is 12.6. The van der Waals surface area contributed by atoms with E-state index in [9.17, 15) is 9.90 Å². The molecule has 4 bridgehead atoms. The highest BCUT2D eigenvalue weighted by Crippen LogP contribution is 2.62. The van der Waals surface area contributed by atoms with Crippen molar-refractivity contribution in [2.45, 2.75) is 95.5 Å². The number of carbonyl (C=O) groups excluding carboxylic acids is 1. The Hall–Kier alpha value is -3.01. The molecule has 1 aliphatic heterocycles. The molecule has 1 heterocycles. The first kappa shape index (κ1) is 28.1. The number of hydrogen-bond acceptors (Lipinski definition) is 5. The third-order valence-corrected chi connectivity index (χ3v) is 9.34. The number of alkyl carbamates (subject to hydrolysis) is 1. The Morgan fingerprint density at radius 3 is 2.05 bits per heavy atom. The maximum Gasteiger partial charge on any atom is 0.409 e. The molecular formula is C35H43NO5. The summed E-state index contributed by atoms with van der Waals surface area (Å²) < 4.78 is 17.2. The summed E-state index contributed by atoms with van der Waals surface area (Å²) in [7, 11) is 0. The number of phenolic OH excluding ortho intramolecular Hbond substituents is 1. The van der Waals surface area contributed by atoms with Crippen molar-refractivity contribution in [3.63, 3.8) is 0 Å². The fraction of sp³-hybridized carbons (Fsp3) is 0.571. The third kappa shape index (κ3) is 5.98. The van der Waals surface area contributed by atoms with Gasteiger partial charge >= 0.3 is 6.09 Å². The molecule has 4 aliphatic carbocycles. The van der Waals surface area contributed by atoms with E-state index in [1.165, 1.54) is 38.5 Å². The van der Waals surface area contributed by atoms with Crippen molar-refractivity contribution in [1.29, 1.82) is 0 Å². The third-order valence-electron chi connectivity index (χ3n) is 9.34. The van der Waals surface area contributed by atoms with Gasteiger partial charge in [0.2, 0.25) is 0 Å². The lowest BCUT2D eigenvalue weighted by Gasteiger charge is -2.57. The summed E-state index contributed by atoms with van der Waals surface area (Å²) in [5, 5.41) is 13.9. The Labute approximate surface area is 244 Å². The molecule has 5 aliphatic rings. The smallest absolute Gasteiger partial charge is 0.409 e. The molecule has 0 spiro atoms. The van der Waals surface area contributed by atoms with Crippen LogP contribution in [-0.2, 0) is 19.6 Å². The highest BCUT2D eigenvalue weighted by molar-refractivity contribution is 5.70. The van der Waals surface area contributed by atoms with Gasteiger partial charge in [-0.25, -0.2) is 4.79 Å². The van der Waals surface area contributed by atoms with Crippen LogP contribution in [0.1, 0.15) is 84.3 Å². The molecule has 7 rings (SSSR count). The highest BCUT2D eigenvalue weighted by Gasteiger charge is 2.52. The zero-order valence-corrected chi connectivity index (χ0v) is 25.0. The number of rotatable bonds is 3. The van der Waals surface area contributed by atoms with Crippen LogP contribution in [-0.4, -0.2) is 41.3 Å². The topological polar surface area (TPSA) is 77.0 Å². The Kier molecular flexibility index (Phi) is 6.91. The Bertz CT molecular complexity index is 1330. The van der Waals surface area contributed by atoms with Gasteiger partial charge in [0.05, 0.1) is 13.2 Å². The van der Waals surface area contributed by atoms with Gasteiger partial charge in [0, 0.05) is 11.1 Å². The average molecular weight is 558 g/mol. The van der Waals surface area contributed by atoms with Gasteiger partial charge in [0.15, 0.2) is 11.3 Å². The second-order valence-corrected chi connectivity index (χ2v) is 14.4. The van der Waals surface area contributed by atoms with E-state index in [1.54, 1.807) is 0 Å². The Morgan fingerprint density at radius 2 is 1.49 bits per heavy atom. The van der Waals surface area contributed by atoms with Crippen LogP contribution in [0.2, 0.25) is 0 Å². The number of hydrogen-bond donors (Lipinski definition) is 2. The van der Waals surface area contributed by atoms with E-state index >= 15 is 0 Å². The van der Waals surface area contributed by atoms with Gasteiger partial charge in [-0.15, -0.1) is 0 Å². The first-order valence-corrected chi connectivity index (χ1v) is 15.1. The van der Waals surface area contributed by atoms with Crippen LogP contribution in [0.15, 0.2) is 42.5 Å². The van der Waals surface area contributed by atoms with Crippen molar-refractivity contribution >= 4 is 6.09 Å². The summed E-state index contributed by atoms with van der Waals surface area (Å²) in [6, 6.07) is 14.3. The number of ether oxygens (including phenoxy) is 3. The van der Waals surface area contributed by atoms with Crippen molar-refractivity contribution in [3.8, 4) is 28.7 Å². The van der Waals surface area contributed by atoms with Crippen molar-refractivity contribution in [2.24, 2.45) is 17.8 Å². The van der Waals surface area contributed by atoms with Gasteiger partial charge in [-0.3, -0.25) is 0 Å². The maximum absolute atomic E-state index is 12.6. The fourth-order valence-electron chi connectivity index (χ4n) is 7.87. The molecule has 2 N–H and O–H groups in total. The van der Waals surface area contributed by atoms with Gasteiger partial charge in [0.25, 0.3) is 0 Å². The van der Waals surface area contributed by atoms with E-state index in [4.69, 9.17) is 14.2 Å². The number of amides is 1. The van der Waals surface area contributed by atoms with Crippen molar-refractivity contribution < 1.29 is 24.1 Å². The molecule has 218 valence electrons. The summed E-state index contributed by atoms with van der Waals surface area (Å²) in [6.07, 6.45) is 7.24. The zero-order chi connectivity index (χ0) is 29.0. The van der Waals surface area contributed by atoms with E-state index in [0.29, 0.717) is 5.75 Å². The molecule has 1 amide bonds. The fourth-order valence-corrected chi connectivity index (χ4v) is 7.87. The minimum absolute atomic E-state index is 0.133. The van der Waals surface area contributed by atoms with Crippen molar-refractivity contribution in [2.75, 3.05) is 13.2 Å². The number of phenols is 1. The molecule has 6 nitrogen and oxygen atoms in total. The van der Waals surface area contributed by atoms with E-state index in [0.717, 1.165) is 40.0 Å². The van der Waals surface area contributed by atoms with Crippen LogP contribution in [0, 0.1) is 29.6 Å². The first-order chi connectivity index (χ1) is 19.3. The van der Waals surface area contributed by atoms with E-state index in [1.807, 2.05) is 58.9 Å². The minimum atomic E-state index is -1.03. The summed E-state index contributed by atoms with van der Waals surface area (Å²) in [6.45, 7) is 9.52. The van der Waals surface area contributed by atoms with Crippen LogP contribution in [0.4, 0.5) is 4.79 Å². The number of aromatic hydroxyl groups is 1. The number of carbonyl (C=O) groups is 1. The van der Waals surface area contributed by atoms with Gasteiger partial charge in [-0.2, -0.15) is 0 Å². The van der Waals surface area contributed by atoms with E-state index in [2.05, 4.69) is 35.4 Å². The van der Waals surface area contributed by atoms with E-state index < -0.39 is 23.0 Å². The number of benzene rings is 2. The van der Waals surface area contributed by atoms with Crippen LogP contribution in [0.25, 0.3) is 11.1 Å². The summed E-state index contributed by atoms with van der Waals surface area (Å²) in [5.74, 6) is 8.59. The molecule has 0 unspecified atom stereocenters. The molecule has 0 aromatic heterocycles. The highest BCUT2D eigenvalue weighted by atomic mass is 16.7. The standard InChI is InChI=1S/C35H43NO5/c1-32(2,3)41-31(38)36-35(21-39-33(4,5)40-22-35)13-12-23-6-8-27(9-7-23)28-10-11-30(37)29(17-28)34-18-24-14-25(19-34)16-26(15-24)20-34/h6-11,17,24-26,37H,14-16,18-22H2,1-5H3,(H,36,38). The molecule has 6 heteroatoms. The second-order valence-electron chi connectivity index (χ2n) is 14.4. The lowest BCUT2D eigenvalue weighted by atomic mass is 9.48. The molecule has 0 radical (unpaired) electrons. The predicted molar refractivity (Wildman–Crippen MR) is 158 cm³/mol. The summed E-state index contributed by atoms with van der Waals surface area (Å²) >= 11 is 0. The molecule has 2 aromatic rings. The summed E-state index contributed by atoms with van der Waals surface area (Å²) in [5.41, 5.74) is 2.65. The lowest BCUT2D eigenvalue weighted by molar-refractivity contribution is -0.262. The normalized spacial score (nSPS) is 29.3. The Morgan fingerprint density at radius 1 is 0.927 bits per heavy atom. The largest absolute Gasteiger partial charge is 0.508 e. The zero-order valence-electron chi connectivity index (χ0n) is 25.0. The first-order valence-electron chi connectivity index (χ1n) is 15.1. The van der Waals surface area contributed by atoms with Crippen LogP contribution in [0.5, 0.6) is 5.75 Å². The molecule has 1 saturated heterocycles. The van der Waals surface area contributed by atoms with Gasteiger partial charge in [-0.1, -0.05) is 30.0 Å². The summed E-state index contributed by atoms with van der Waals surface area (Å²) in [4.78, 5) is 12.6. The minimum Gasteiger partial charge on any atom is -0.508 e. The molecule has 5 fully saturated rings. The van der Waals surface area contributed by atoms with Crippen LogP contribution >= 0.6 is 0 Å². The quantitative estimate of drug-likeness (QED) is 0.401. The molecule has 0 atom stereocenters. The Balaban J connectivity index is 1.22. The lowest BCUT2D eigenvalue weighted by Crippen LogP contribution is -2.60. The van der Waals surface area contributed by atoms with Crippen LogP contribution in [0.3, 0.4) is 0 Å². The predicted octanol–water partition coefficient (Wildman–Crippen LogP) is 6.92. The molecule has 4 saturated carbocycles.